The van der Waals surface area contributed by atoms with Crippen molar-refractivity contribution in [3.8, 4) is 0 Å². The summed E-state index contributed by atoms with van der Waals surface area (Å²) >= 11 is 0. The molecule has 74 heavy (non-hydrogen) atoms. The van der Waals surface area contributed by atoms with Gasteiger partial charge in [-0.2, -0.15) is 0 Å². The average molecular weight is 1050 g/mol. The van der Waals surface area contributed by atoms with Crippen molar-refractivity contribution in [2.45, 2.75) is 187 Å². The molecule has 0 aromatic carbocycles. The number of fused-ring (bicyclic) bond motifs is 3. The quantitative estimate of drug-likeness (QED) is 0.147. The second-order valence-corrected chi connectivity index (χ2v) is 21.9. The molecule has 4 aliphatic rings. The number of piperidine rings is 1. The molecule has 18 nitrogen and oxygen atoms in total. The maximum Gasteiger partial charge on any atom is 0.329 e. The van der Waals surface area contributed by atoms with Gasteiger partial charge < -0.3 is 58.9 Å². The van der Waals surface area contributed by atoms with Crippen LogP contribution >= 0.6 is 0 Å². The van der Waals surface area contributed by atoms with Crippen LogP contribution in [0.1, 0.15) is 126 Å². The standard InChI is InChI=1S/C56H87NO17/c1-32-17-13-12-14-18-33(2)47(61)38(7)49(63)50(71-11)48(62)36(5)25-34(3)42(60)29-45(35(4)26-39-21-23-43(46(27-39)70-10)73-54(67)55(8,30-58)31-59)72-53(66)41-19-15-16-24-57(41)52(65)51(64)56(68)37(6)20-22-40(74-56)28-44(32)69-9/h12-14,17-18,25,33,35-41,43-48,50,58-59,61-62,68H,15-16,19-24,26-31H2,1-11H3/t33-,35-,36?,37-,38-,39+,40?,41+,43-,44+,45+,46-,47?,48?,50-,56-/m1/s1. The first-order chi connectivity index (χ1) is 34.9. The molecule has 1 amide bonds. The lowest BCUT2D eigenvalue weighted by atomic mass is 9.78. The maximum absolute atomic E-state index is 14.5. The molecule has 0 aromatic heterocycles. The highest BCUT2D eigenvalue weighted by Crippen LogP contribution is 2.38. The normalized spacial score (nSPS) is 35.8. The van der Waals surface area contributed by atoms with Gasteiger partial charge in [-0.1, -0.05) is 71.1 Å². The summed E-state index contributed by atoms with van der Waals surface area (Å²) in [4.78, 5) is 85.4. The van der Waals surface area contributed by atoms with Gasteiger partial charge in [-0.3, -0.25) is 24.0 Å². The fraction of sp³-hybridized carbons (Fsp3) is 0.750. The van der Waals surface area contributed by atoms with Crippen molar-refractivity contribution < 1.29 is 82.7 Å². The van der Waals surface area contributed by atoms with E-state index in [2.05, 4.69) is 0 Å². The van der Waals surface area contributed by atoms with Gasteiger partial charge in [0, 0.05) is 64.4 Å². The number of allylic oxidation sites excluding steroid dienone is 5. The number of cyclic esters (lactones) is 1. The van der Waals surface area contributed by atoms with Crippen LogP contribution < -0.4 is 0 Å². The average Bonchev–Trinajstić information content (AvgIpc) is 3.39. The highest BCUT2D eigenvalue weighted by atomic mass is 16.6. The smallest absolute Gasteiger partial charge is 0.329 e. The number of carbonyl (C=O) groups excluding carboxylic acids is 6. The Bertz CT molecular complexity index is 2050. The summed E-state index contributed by atoms with van der Waals surface area (Å²) in [5, 5.41) is 54.4. The van der Waals surface area contributed by atoms with Crippen molar-refractivity contribution in [3.63, 3.8) is 0 Å². The van der Waals surface area contributed by atoms with Crippen LogP contribution in [0.25, 0.3) is 0 Å². The van der Waals surface area contributed by atoms with Crippen molar-refractivity contribution in [2.24, 2.45) is 40.9 Å². The van der Waals surface area contributed by atoms with Gasteiger partial charge in [-0.25, -0.2) is 4.79 Å². The molecule has 2 saturated heterocycles. The molecular weight excluding hydrogens is 959 g/mol. The zero-order chi connectivity index (χ0) is 55.2. The minimum atomic E-state index is -2.49. The van der Waals surface area contributed by atoms with Crippen LogP contribution in [0.3, 0.4) is 0 Å². The van der Waals surface area contributed by atoms with Gasteiger partial charge in [0.15, 0.2) is 11.6 Å². The highest BCUT2D eigenvalue weighted by Gasteiger charge is 2.53. The Morgan fingerprint density at radius 2 is 1.54 bits per heavy atom. The summed E-state index contributed by atoms with van der Waals surface area (Å²) in [5.41, 5.74) is -0.475. The van der Waals surface area contributed by atoms with Crippen LogP contribution in [-0.4, -0.2) is 167 Å². The lowest BCUT2D eigenvalue weighted by molar-refractivity contribution is -0.265. The fourth-order valence-corrected chi connectivity index (χ4v) is 10.7. The number of aliphatic hydroxyl groups is 5. The SMILES string of the molecule is CO[C@H]1CC2CC[C@@H](C)[C@@](O)(O2)C(=O)C(=O)N2CCCC[C@H]2C(=O)O[C@H]([C@H](C)C[C@@H]2CC[C@@H](OC(=O)C(C)(CO)CO)[C@H](OC)C2)CC(=O)C(C)=CC(C)C(O)[C@@H](OC)C(=O)[C@H](C)C(O)[C@H](C)C=CC=CC=C1C. The third-order valence-corrected chi connectivity index (χ3v) is 16.2. The Labute approximate surface area is 437 Å². The lowest BCUT2D eigenvalue weighted by Gasteiger charge is -2.42. The molecule has 5 N–H and O–H groups in total. The zero-order valence-electron chi connectivity index (χ0n) is 45.6. The number of Topliss-reactive ketones (excluding diaryl/α,β-unsaturated/α-hetero) is 3. The van der Waals surface area contributed by atoms with E-state index in [9.17, 15) is 54.3 Å². The van der Waals surface area contributed by atoms with Crippen LogP contribution in [0.4, 0.5) is 0 Å². The van der Waals surface area contributed by atoms with E-state index >= 15 is 0 Å². The van der Waals surface area contributed by atoms with Gasteiger partial charge in [0.1, 0.15) is 29.8 Å². The van der Waals surface area contributed by atoms with Crippen LogP contribution in [0, 0.1) is 40.9 Å². The van der Waals surface area contributed by atoms with E-state index in [1.807, 2.05) is 19.9 Å². The number of nitrogens with zero attached hydrogens (tertiary/aromatic N) is 1. The molecule has 3 fully saturated rings. The van der Waals surface area contributed by atoms with Crippen LogP contribution in [0.2, 0.25) is 0 Å². The van der Waals surface area contributed by atoms with Crippen molar-refractivity contribution in [3.05, 3.63) is 47.6 Å². The van der Waals surface area contributed by atoms with E-state index in [-0.39, 0.29) is 37.3 Å². The number of esters is 2. The molecule has 3 aliphatic heterocycles. The van der Waals surface area contributed by atoms with Gasteiger partial charge in [0.05, 0.1) is 43.7 Å². The summed E-state index contributed by atoms with van der Waals surface area (Å²) in [5.74, 6) is -10.8. The maximum atomic E-state index is 14.5. The predicted octanol–water partition coefficient (Wildman–Crippen LogP) is 4.69. The number of carbonyl (C=O) groups is 6. The molecule has 3 heterocycles. The van der Waals surface area contributed by atoms with Gasteiger partial charge in [0.2, 0.25) is 5.79 Å². The van der Waals surface area contributed by atoms with Gasteiger partial charge in [-0.05, 0) is 102 Å². The molecule has 1 saturated carbocycles. The summed E-state index contributed by atoms with van der Waals surface area (Å²) in [7, 11) is 4.32. The number of hydrogen-bond donors (Lipinski definition) is 5. The number of amides is 1. The molecule has 0 spiro atoms. The number of rotatable bonds is 10. The topological polar surface area (TPSA) is 262 Å². The molecule has 0 aromatic rings. The van der Waals surface area contributed by atoms with Crippen LogP contribution in [0.5, 0.6) is 0 Å². The molecule has 418 valence electrons. The number of methoxy groups -OCH3 is 3. The minimum Gasteiger partial charge on any atom is -0.460 e. The van der Waals surface area contributed by atoms with E-state index in [1.54, 1.807) is 58.9 Å². The third-order valence-electron chi connectivity index (χ3n) is 16.2. The fourth-order valence-electron chi connectivity index (χ4n) is 10.7. The Balaban J connectivity index is 1.71. The largest absolute Gasteiger partial charge is 0.460 e. The Morgan fingerprint density at radius 1 is 0.851 bits per heavy atom. The number of ether oxygens (including phenoxy) is 6. The van der Waals surface area contributed by atoms with Gasteiger partial charge in [0.25, 0.3) is 11.7 Å². The summed E-state index contributed by atoms with van der Waals surface area (Å²) in [6.07, 6.45) is 6.83. The second kappa shape index (κ2) is 28.4. The summed E-state index contributed by atoms with van der Waals surface area (Å²) in [6, 6.07) is -1.22. The molecule has 0 radical (unpaired) electrons. The number of aliphatic hydroxyl groups excluding tert-OH is 4. The highest BCUT2D eigenvalue weighted by molar-refractivity contribution is 6.39. The van der Waals surface area contributed by atoms with E-state index < -0.39 is 144 Å². The Kier molecular flexibility index (Phi) is 24.0. The van der Waals surface area contributed by atoms with Crippen molar-refractivity contribution in [1.82, 2.24) is 4.90 Å². The molecule has 4 unspecified atom stereocenters. The van der Waals surface area contributed by atoms with E-state index in [0.29, 0.717) is 51.4 Å². The Hall–Kier alpha value is -3.98. The molecule has 4 rings (SSSR count). The predicted molar refractivity (Wildman–Crippen MR) is 273 cm³/mol. The minimum absolute atomic E-state index is 0.0293. The first kappa shape index (κ1) is 62.6. The number of ketones is 3. The summed E-state index contributed by atoms with van der Waals surface area (Å²) < 4.78 is 35.3. The monoisotopic (exact) mass is 1050 g/mol. The Morgan fingerprint density at radius 3 is 2.18 bits per heavy atom. The van der Waals surface area contributed by atoms with E-state index in [1.165, 1.54) is 34.3 Å². The summed E-state index contributed by atoms with van der Waals surface area (Å²) in [6.45, 7) is 12.1. The third kappa shape index (κ3) is 15.6. The second-order valence-electron chi connectivity index (χ2n) is 21.9. The number of hydrogen-bond acceptors (Lipinski definition) is 17. The lowest BCUT2D eigenvalue weighted by Crippen LogP contribution is -2.61. The molecule has 1 aliphatic carbocycles. The first-order valence-electron chi connectivity index (χ1n) is 26.5. The molecule has 2 bridgehead atoms. The van der Waals surface area contributed by atoms with Gasteiger partial charge >= 0.3 is 11.9 Å². The molecule has 16 atom stereocenters. The van der Waals surface area contributed by atoms with Crippen molar-refractivity contribution >= 4 is 35.2 Å². The van der Waals surface area contributed by atoms with E-state index in [4.69, 9.17) is 28.4 Å². The first-order valence-corrected chi connectivity index (χ1v) is 26.5. The van der Waals surface area contributed by atoms with Crippen molar-refractivity contribution in [1.29, 1.82) is 0 Å². The molecule has 18 heteroatoms. The van der Waals surface area contributed by atoms with Crippen LogP contribution in [-0.2, 0) is 57.2 Å². The van der Waals surface area contributed by atoms with Crippen LogP contribution in [0.15, 0.2) is 47.6 Å². The van der Waals surface area contributed by atoms with Gasteiger partial charge in [-0.15, -0.1) is 0 Å². The zero-order valence-corrected chi connectivity index (χ0v) is 45.6. The molecular formula is C56H87NO17. The van der Waals surface area contributed by atoms with Crippen molar-refractivity contribution in [2.75, 3.05) is 41.1 Å². The van der Waals surface area contributed by atoms with E-state index in [0.717, 1.165) is 10.5 Å².